The molecule has 1 aromatic heterocycles. The van der Waals surface area contributed by atoms with Gasteiger partial charge in [-0.3, -0.25) is 0 Å². The van der Waals surface area contributed by atoms with Gasteiger partial charge in [0.05, 0.1) is 0 Å². The lowest BCUT2D eigenvalue weighted by molar-refractivity contribution is -0.0502. The Labute approximate surface area is 159 Å². The molecule has 28 heavy (non-hydrogen) atoms. The average molecular weight is 409 g/mol. The fourth-order valence-electron chi connectivity index (χ4n) is 2.43. The van der Waals surface area contributed by atoms with Gasteiger partial charge in [0.15, 0.2) is 11.6 Å². The van der Waals surface area contributed by atoms with Crippen LogP contribution in [-0.4, -0.2) is 28.9 Å². The predicted octanol–water partition coefficient (Wildman–Crippen LogP) is 4.05. The van der Waals surface area contributed by atoms with E-state index in [9.17, 15) is 21.6 Å². The Bertz CT molecular complexity index is 1070. The molecule has 1 heterocycles. The summed E-state index contributed by atoms with van der Waals surface area (Å²) in [6, 6.07) is 12.8. The molecule has 2 aromatic carbocycles. The maximum Gasteiger partial charge on any atom is 0.534 e. The molecule has 146 valence electrons. The third-order valence-electron chi connectivity index (χ3n) is 3.85. The number of alkyl halides is 3. The molecule has 0 saturated heterocycles. The second kappa shape index (κ2) is 7.19. The van der Waals surface area contributed by atoms with Gasteiger partial charge in [-0.2, -0.15) is 31.6 Å². The first kappa shape index (κ1) is 19.7. The zero-order valence-electron chi connectivity index (χ0n) is 14.7. The first-order valence-corrected chi connectivity index (χ1v) is 9.38. The van der Waals surface area contributed by atoms with Gasteiger partial charge in [0, 0.05) is 11.1 Å². The third kappa shape index (κ3) is 3.96. The highest BCUT2D eigenvalue weighted by Gasteiger charge is 2.49. The minimum atomic E-state index is -5.92. The number of aromatic nitrogens is 3. The Morgan fingerprint density at radius 1 is 0.786 bits per heavy atom. The highest BCUT2D eigenvalue weighted by molar-refractivity contribution is 7.87. The fourth-order valence-corrected chi connectivity index (χ4v) is 2.79. The summed E-state index contributed by atoms with van der Waals surface area (Å²) >= 11 is 0. The molecule has 0 saturated carbocycles. The molecule has 0 N–H and O–H groups in total. The Balaban J connectivity index is 2.20. The Morgan fingerprint density at radius 2 is 1.21 bits per heavy atom. The molecule has 0 radical (unpaired) electrons. The van der Waals surface area contributed by atoms with Crippen molar-refractivity contribution in [2.24, 2.45) is 0 Å². The molecule has 0 amide bonds. The van der Waals surface area contributed by atoms with E-state index in [-0.39, 0.29) is 11.6 Å². The van der Waals surface area contributed by atoms with E-state index in [0.717, 1.165) is 11.1 Å². The van der Waals surface area contributed by atoms with Gasteiger partial charge < -0.3 is 4.18 Å². The lowest BCUT2D eigenvalue weighted by atomic mass is 10.1. The van der Waals surface area contributed by atoms with Crippen LogP contribution in [0.3, 0.4) is 0 Å². The lowest BCUT2D eigenvalue weighted by Gasteiger charge is -2.12. The normalized spacial score (nSPS) is 12.0. The lowest BCUT2D eigenvalue weighted by Crippen LogP contribution is -2.28. The molecule has 0 bridgehead atoms. The van der Waals surface area contributed by atoms with Crippen LogP contribution in [0.15, 0.2) is 48.5 Å². The minimum absolute atomic E-state index is 0.00118. The maximum atomic E-state index is 12.7. The SMILES string of the molecule is Cc1ccccc1-c1nc(OS(=O)(=O)C(F)(F)F)nc(-c2ccccc2C)n1. The zero-order chi connectivity index (χ0) is 20.5. The fraction of sp³-hybridized carbons (Fsp3) is 0.167. The summed E-state index contributed by atoms with van der Waals surface area (Å²) < 4.78 is 65.1. The molecule has 10 heteroatoms. The van der Waals surface area contributed by atoms with Crippen LogP contribution in [0.5, 0.6) is 6.01 Å². The Morgan fingerprint density at radius 3 is 1.61 bits per heavy atom. The Kier molecular flexibility index (Phi) is 5.07. The van der Waals surface area contributed by atoms with Gasteiger partial charge in [-0.1, -0.05) is 48.5 Å². The van der Waals surface area contributed by atoms with Crippen LogP contribution in [0.2, 0.25) is 0 Å². The smallest absolute Gasteiger partial charge is 0.336 e. The number of halogens is 3. The van der Waals surface area contributed by atoms with E-state index in [1.165, 1.54) is 0 Å². The van der Waals surface area contributed by atoms with E-state index in [2.05, 4.69) is 19.1 Å². The standard InChI is InChI=1S/C18H14F3N3O3S/c1-11-7-3-5-9-13(11)15-22-16(14-10-6-4-8-12(14)2)24-17(23-15)27-28(25,26)18(19,20)21/h3-10H,1-2H3. The molecule has 0 spiro atoms. The van der Waals surface area contributed by atoms with E-state index >= 15 is 0 Å². The first-order chi connectivity index (χ1) is 13.1. The largest absolute Gasteiger partial charge is 0.534 e. The van der Waals surface area contributed by atoms with Gasteiger partial charge in [0.25, 0.3) is 0 Å². The molecular weight excluding hydrogens is 395 g/mol. The number of hydrogen-bond acceptors (Lipinski definition) is 6. The number of hydrogen-bond donors (Lipinski definition) is 0. The van der Waals surface area contributed by atoms with Crippen molar-refractivity contribution in [2.75, 3.05) is 0 Å². The van der Waals surface area contributed by atoms with Gasteiger partial charge in [-0.05, 0) is 25.0 Å². The molecule has 0 aliphatic rings. The van der Waals surface area contributed by atoms with Crippen molar-refractivity contribution >= 4 is 10.1 Å². The highest BCUT2D eigenvalue weighted by atomic mass is 32.2. The minimum Gasteiger partial charge on any atom is -0.336 e. The van der Waals surface area contributed by atoms with Crippen LogP contribution >= 0.6 is 0 Å². The van der Waals surface area contributed by atoms with Crippen molar-refractivity contribution in [2.45, 2.75) is 19.4 Å². The first-order valence-electron chi connectivity index (χ1n) is 7.97. The number of aryl methyl sites for hydroxylation is 2. The summed E-state index contributed by atoms with van der Waals surface area (Å²) in [5, 5.41) is 0. The van der Waals surface area contributed by atoms with E-state index in [4.69, 9.17) is 0 Å². The van der Waals surface area contributed by atoms with E-state index in [1.54, 1.807) is 62.4 Å². The summed E-state index contributed by atoms with van der Waals surface area (Å²) in [5.74, 6) is -0.00236. The molecule has 0 aliphatic carbocycles. The number of rotatable bonds is 4. The van der Waals surface area contributed by atoms with E-state index in [1.807, 2.05) is 0 Å². The summed E-state index contributed by atoms with van der Waals surface area (Å²) in [6.07, 6.45) is 0. The zero-order valence-corrected chi connectivity index (χ0v) is 15.5. The topological polar surface area (TPSA) is 82.0 Å². The van der Waals surface area contributed by atoms with Crippen molar-refractivity contribution in [3.8, 4) is 28.8 Å². The van der Waals surface area contributed by atoms with E-state index < -0.39 is 21.6 Å². The quantitative estimate of drug-likeness (QED) is 0.478. The molecule has 3 aromatic rings. The molecule has 0 atom stereocenters. The van der Waals surface area contributed by atoms with Gasteiger partial charge in [-0.15, -0.1) is 0 Å². The molecule has 6 nitrogen and oxygen atoms in total. The summed E-state index contributed by atoms with van der Waals surface area (Å²) in [7, 11) is -5.92. The van der Waals surface area contributed by atoms with Crippen molar-refractivity contribution in [3.63, 3.8) is 0 Å². The number of benzene rings is 2. The predicted molar refractivity (Wildman–Crippen MR) is 95.8 cm³/mol. The van der Waals surface area contributed by atoms with Crippen LogP contribution in [0.1, 0.15) is 11.1 Å². The molecule has 0 fully saturated rings. The molecule has 0 aliphatic heterocycles. The van der Waals surface area contributed by atoms with Crippen molar-refractivity contribution in [1.82, 2.24) is 15.0 Å². The van der Waals surface area contributed by atoms with Crippen LogP contribution in [-0.2, 0) is 10.1 Å². The average Bonchev–Trinajstić information content (AvgIpc) is 2.61. The van der Waals surface area contributed by atoms with Crippen molar-refractivity contribution < 1.29 is 25.8 Å². The second-order valence-electron chi connectivity index (χ2n) is 5.88. The molecular formula is C18H14F3N3O3S. The summed E-state index contributed by atoms with van der Waals surface area (Å²) in [5.41, 5.74) is -3.10. The monoisotopic (exact) mass is 409 g/mol. The van der Waals surface area contributed by atoms with Crippen molar-refractivity contribution in [3.05, 3.63) is 59.7 Å². The maximum absolute atomic E-state index is 12.7. The second-order valence-corrected chi connectivity index (χ2v) is 7.42. The van der Waals surface area contributed by atoms with Gasteiger partial charge >= 0.3 is 21.6 Å². The van der Waals surface area contributed by atoms with Crippen LogP contribution in [0.4, 0.5) is 13.2 Å². The van der Waals surface area contributed by atoms with Crippen LogP contribution < -0.4 is 4.18 Å². The summed E-state index contributed by atoms with van der Waals surface area (Å²) in [4.78, 5) is 11.9. The molecule has 0 unspecified atom stereocenters. The van der Waals surface area contributed by atoms with E-state index in [0.29, 0.717) is 11.1 Å². The number of nitrogens with zero attached hydrogens (tertiary/aromatic N) is 3. The van der Waals surface area contributed by atoms with Crippen molar-refractivity contribution in [1.29, 1.82) is 0 Å². The van der Waals surface area contributed by atoms with Gasteiger partial charge in [0.2, 0.25) is 0 Å². The van der Waals surface area contributed by atoms with Gasteiger partial charge in [-0.25, -0.2) is 4.98 Å². The molecule has 3 rings (SSSR count). The van der Waals surface area contributed by atoms with Crippen LogP contribution in [0, 0.1) is 13.8 Å². The van der Waals surface area contributed by atoms with Gasteiger partial charge in [0.1, 0.15) is 0 Å². The van der Waals surface area contributed by atoms with Crippen LogP contribution in [0.25, 0.3) is 22.8 Å². The highest BCUT2D eigenvalue weighted by Crippen LogP contribution is 2.29. The summed E-state index contributed by atoms with van der Waals surface area (Å²) in [6.45, 7) is 3.53. The third-order valence-corrected chi connectivity index (χ3v) is 4.79. The Hall–Kier alpha value is -3.01.